The normalized spacial score (nSPS) is 17.0. The molecule has 1 unspecified atom stereocenters. The second-order valence-corrected chi connectivity index (χ2v) is 6.35. The van der Waals surface area contributed by atoms with Crippen LogP contribution in [0.4, 0.5) is 5.82 Å². The Hall–Kier alpha value is -2.34. The molecule has 3 heterocycles. The molecule has 0 spiro atoms. The fourth-order valence-corrected chi connectivity index (χ4v) is 3.08. The van der Waals surface area contributed by atoms with Gasteiger partial charge in [0.15, 0.2) is 5.65 Å². The highest BCUT2D eigenvalue weighted by atomic mass is 79.9. The molecule has 3 aromatic heterocycles. The molecule has 1 atom stereocenters. The smallest absolute Gasteiger partial charge is 0.171 e. The molecule has 1 aliphatic carbocycles. The molecule has 116 valence electrons. The van der Waals surface area contributed by atoms with Crippen molar-refractivity contribution in [2.45, 2.75) is 18.9 Å². The summed E-state index contributed by atoms with van der Waals surface area (Å²) in [5, 5.41) is 7.86. The Morgan fingerprint density at radius 3 is 3.13 bits per heavy atom. The molecule has 5 nitrogen and oxygen atoms in total. The van der Waals surface area contributed by atoms with Crippen LogP contribution in [-0.2, 0) is 6.54 Å². The predicted molar refractivity (Wildman–Crippen MR) is 94.4 cm³/mol. The van der Waals surface area contributed by atoms with Crippen molar-refractivity contribution in [3.63, 3.8) is 0 Å². The first-order valence-electron chi connectivity index (χ1n) is 7.55. The third-order valence-corrected chi connectivity index (χ3v) is 4.49. The predicted octanol–water partition coefficient (Wildman–Crippen LogP) is 4.03. The zero-order valence-electron chi connectivity index (χ0n) is 12.4. The first-order valence-corrected chi connectivity index (χ1v) is 8.34. The molecule has 0 fully saturated rings. The third kappa shape index (κ3) is 2.82. The molecular weight excluding hydrogens is 354 g/mol. The first kappa shape index (κ1) is 14.3. The lowest BCUT2D eigenvalue weighted by atomic mass is 9.97. The number of fused-ring (bicyclic) bond motifs is 1. The fraction of sp³-hybridized carbons (Fsp3) is 0.176. The number of nitrogens with one attached hydrogen (secondary N) is 2. The molecule has 3 aromatic rings. The summed E-state index contributed by atoms with van der Waals surface area (Å²) in [6.45, 7) is 0.712. The lowest BCUT2D eigenvalue weighted by molar-refractivity contribution is 0.803. The number of aromatic amines is 1. The monoisotopic (exact) mass is 369 g/mol. The van der Waals surface area contributed by atoms with E-state index in [9.17, 15) is 0 Å². The zero-order chi connectivity index (χ0) is 15.6. The molecule has 4 rings (SSSR count). The van der Waals surface area contributed by atoms with Gasteiger partial charge in [-0.25, -0.2) is 4.98 Å². The van der Waals surface area contributed by atoms with Crippen molar-refractivity contribution in [1.29, 1.82) is 0 Å². The molecule has 23 heavy (non-hydrogen) atoms. The van der Waals surface area contributed by atoms with Gasteiger partial charge >= 0.3 is 0 Å². The number of H-pyrrole nitrogens is 1. The number of hydrogen-bond donors (Lipinski definition) is 2. The maximum Gasteiger partial charge on any atom is 0.171 e. The van der Waals surface area contributed by atoms with Crippen molar-refractivity contribution in [2.75, 3.05) is 5.32 Å². The standard InChI is InChI=1S/C17H16BrN5/c18-14-11-21-23-16(20-10-13-7-4-8-19-13)9-15(22-17(14)23)12-5-2-1-3-6-12/h1-5,7-9,11-12,19-20H,6,10H2. The SMILES string of the molecule is Brc1cnn2c(NCc3ccc[nH]3)cc(C3C=CC=CC3)nc12. The maximum atomic E-state index is 4.78. The van der Waals surface area contributed by atoms with Gasteiger partial charge in [0.1, 0.15) is 5.82 Å². The van der Waals surface area contributed by atoms with Gasteiger partial charge in [0.25, 0.3) is 0 Å². The minimum atomic E-state index is 0.304. The molecule has 0 saturated heterocycles. The first-order chi connectivity index (χ1) is 11.3. The summed E-state index contributed by atoms with van der Waals surface area (Å²) < 4.78 is 2.73. The van der Waals surface area contributed by atoms with Gasteiger partial charge in [0.2, 0.25) is 0 Å². The van der Waals surface area contributed by atoms with Crippen LogP contribution in [0.2, 0.25) is 0 Å². The minimum absolute atomic E-state index is 0.304. The summed E-state index contributed by atoms with van der Waals surface area (Å²) in [6.07, 6.45) is 13.2. The molecule has 2 N–H and O–H groups in total. The largest absolute Gasteiger partial charge is 0.364 e. The van der Waals surface area contributed by atoms with Crippen molar-refractivity contribution in [1.82, 2.24) is 19.6 Å². The quantitative estimate of drug-likeness (QED) is 0.729. The fourth-order valence-electron chi connectivity index (χ4n) is 2.73. The zero-order valence-corrected chi connectivity index (χ0v) is 14.0. The second-order valence-electron chi connectivity index (χ2n) is 5.50. The summed E-state index contributed by atoms with van der Waals surface area (Å²) in [7, 11) is 0. The van der Waals surface area contributed by atoms with Crippen LogP contribution >= 0.6 is 15.9 Å². The van der Waals surface area contributed by atoms with E-state index in [0.717, 1.165) is 33.7 Å². The highest BCUT2D eigenvalue weighted by Gasteiger charge is 2.16. The van der Waals surface area contributed by atoms with Gasteiger partial charge in [-0.15, -0.1) is 0 Å². The summed E-state index contributed by atoms with van der Waals surface area (Å²) >= 11 is 3.54. The van der Waals surface area contributed by atoms with Crippen LogP contribution in [0.1, 0.15) is 23.7 Å². The molecule has 0 amide bonds. The van der Waals surface area contributed by atoms with Crippen molar-refractivity contribution in [3.05, 3.63) is 70.8 Å². The van der Waals surface area contributed by atoms with Gasteiger partial charge in [0, 0.05) is 23.9 Å². The van der Waals surface area contributed by atoms with Gasteiger partial charge in [0.05, 0.1) is 22.9 Å². The van der Waals surface area contributed by atoms with E-state index in [1.165, 1.54) is 0 Å². The number of anilines is 1. The molecule has 0 radical (unpaired) electrons. The number of halogens is 1. The molecular formula is C17H16BrN5. The van der Waals surface area contributed by atoms with Gasteiger partial charge < -0.3 is 10.3 Å². The highest BCUT2D eigenvalue weighted by Crippen LogP contribution is 2.28. The lowest BCUT2D eigenvalue weighted by Crippen LogP contribution is -2.09. The number of rotatable bonds is 4. The topological polar surface area (TPSA) is 58.0 Å². The van der Waals surface area contributed by atoms with E-state index in [0.29, 0.717) is 12.5 Å². The van der Waals surface area contributed by atoms with E-state index in [-0.39, 0.29) is 0 Å². The average Bonchev–Trinajstić information content (AvgIpc) is 3.24. The van der Waals surface area contributed by atoms with E-state index in [1.807, 2.05) is 16.8 Å². The Morgan fingerprint density at radius 1 is 1.39 bits per heavy atom. The van der Waals surface area contributed by atoms with Crippen LogP contribution in [0.3, 0.4) is 0 Å². The number of nitrogens with zero attached hydrogens (tertiary/aromatic N) is 3. The van der Waals surface area contributed by atoms with Crippen LogP contribution in [-0.4, -0.2) is 19.6 Å². The Kier molecular flexibility index (Phi) is 3.75. The molecule has 1 aliphatic rings. The van der Waals surface area contributed by atoms with Gasteiger partial charge in [-0.05, 0) is 34.5 Å². The van der Waals surface area contributed by atoms with Crippen molar-refractivity contribution < 1.29 is 0 Å². The van der Waals surface area contributed by atoms with Crippen molar-refractivity contribution >= 4 is 27.4 Å². The summed E-state index contributed by atoms with van der Waals surface area (Å²) in [6, 6.07) is 6.14. The van der Waals surface area contributed by atoms with E-state index in [1.54, 1.807) is 6.20 Å². The van der Waals surface area contributed by atoms with Crippen LogP contribution in [0.15, 0.2) is 59.4 Å². The molecule has 0 aromatic carbocycles. The summed E-state index contributed by atoms with van der Waals surface area (Å²) in [4.78, 5) is 7.99. The van der Waals surface area contributed by atoms with Crippen LogP contribution in [0, 0.1) is 0 Å². The number of aromatic nitrogens is 4. The van der Waals surface area contributed by atoms with Gasteiger partial charge in [-0.1, -0.05) is 24.3 Å². The van der Waals surface area contributed by atoms with E-state index >= 15 is 0 Å². The average molecular weight is 370 g/mol. The lowest BCUT2D eigenvalue weighted by Gasteiger charge is -2.15. The van der Waals surface area contributed by atoms with Crippen LogP contribution in [0.5, 0.6) is 0 Å². The van der Waals surface area contributed by atoms with Crippen LogP contribution in [0.25, 0.3) is 5.65 Å². The van der Waals surface area contributed by atoms with Gasteiger partial charge in [-0.2, -0.15) is 9.61 Å². The van der Waals surface area contributed by atoms with Crippen molar-refractivity contribution in [2.24, 2.45) is 0 Å². The molecule has 6 heteroatoms. The Morgan fingerprint density at radius 2 is 2.35 bits per heavy atom. The van der Waals surface area contributed by atoms with Crippen molar-refractivity contribution in [3.8, 4) is 0 Å². The van der Waals surface area contributed by atoms with E-state index in [4.69, 9.17) is 4.98 Å². The van der Waals surface area contributed by atoms with Gasteiger partial charge in [-0.3, -0.25) is 0 Å². The third-order valence-electron chi connectivity index (χ3n) is 3.93. The highest BCUT2D eigenvalue weighted by molar-refractivity contribution is 9.10. The van der Waals surface area contributed by atoms with E-state index in [2.05, 4.69) is 67.8 Å². The Labute approximate surface area is 142 Å². The minimum Gasteiger partial charge on any atom is -0.364 e. The molecule has 0 bridgehead atoms. The second kappa shape index (κ2) is 6.04. The maximum absolute atomic E-state index is 4.78. The van der Waals surface area contributed by atoms with E-state index < -0.39 is 0 Å². The molecule has 0 saturated carbocycles. The number of allylic oxidation sites excluding steroid dienone is 4. The molecule has 0 aliphatic heterocycles. The summed E-state index contributed by atoms with van der Waals surface area (Å²) in [5.74, 6) is 1.24. The Balaban J connectivity index is 1.72. The van der Waals surface area contributed by atoms with Crippen LogP contribution < -0.4 is 5.32 Å². The Bertz CT molecular complexity index is 876. The summed E-state index contributed by atoms with van der Waals surface area (Å²) in [5.41, 5.74) is 3.01. The number of hydrogen-bond acceptors (Lipinski definition) is 3.